The molecule has 0 rings (SSSR count). The zero-order chi connectivity index (χ0) is 13.7. The molecule has 0 aromatic rings. The number of carbonyl (C=O) groups is 1. The van der Waals surface area contributed by atoms with E-state index in [4.69, 9.17) is 10.3 Å². The molecule has 0 aromatic carbocycles. The number of esters is 1. The first-order chi connectivity index (χ1) is 7.66. The number of aliphatic hydroxyl groups is 1. The molecule has 0 radical (unpaired) electrons. The van der Waals surface area contributed by atoms with Gasteiger partial charge >= 0.3 is 5.97 Å². The van der Waals surface area contributed by atoms with Gasteiger partial charge in [0.2, 0.25) is 0 Å². The van der Waals surface area contributed by atoms with Crippen molar-refractivity contribution in [3.8, 4) is 0 Å². The average molecular weight is 243 g/mol. The summed E-state index contributed by atoms with van der Waals surface area (Å²) in [4.78, 5) is 14.4. The van der Waals surface area contributed by atoms with Crippen LogP contribution in [0.1, 0.15) is 47.5 Å². The van der Waals surface area contributed by atoms with Crippen LogP contribution in [0.2, 0.25) is 0 Å². The van der Waals surface area contributed by atoms with E-state index in [0.717, 1.165) is 0 Å². The molecule has 2 atom stereocenters. The molecule has 2 unspecified atom stereocenters. The second-order valence-corrected chi connectivity index (χ2v) is 5.23. The number of nitrogens with zero attached hydrogens (tertiary/aromatic N) is 3. The standard InChI is InChI=1S/C11H21N3O3/c1-6-7-11(5,13-14-12)8(15)9(16)17-10(2,3)4/h8,15H,6-7H2,1-5H3. The van der Waals surface area contributed by atoms with Crippen LogP contribution in [0.15, 0.2) is 5.11 Å². The number of aliphatic hydroxyl groups excluding tert-OH is 1. The summed E-state index contributed by atoms with van der Waals surface area (Å²) in [6, 6.07) is 0. The van der Waals surface area contributed by atoms with E-state index in [9.17, 15) is 9.90 Å². The molecule has 0 aliphatic rings. The third-order valence-electron chi connectivity index (χ3n) is 2.25. The van der Waals surface area contributed by atoms with Crippen molar-refractivity contribution in [3.05, 3.63) is 10.4 Å². The van der Waals surface area contributed by atoms with Crippen LogP contribution in [0.5, 0.6) is 0 Å². The number of ether oxygens (including phenoxy) is 1. The Hall–Kier alpha value is -1.26. The van der Waals surface area contributed by atoms with Crippen LogP contribution < -0.4 is 0 Å². The average Bonchev–Trinajstić information content (AvgIpc) is 2.14. The number of hydrogen-bond acceptors (Lipinski definition) is 4. The van der Waals surface area contributed by atoms with Gasteiger partial charge in [0.1, 0.15) is 5.60 Å². The van der Waals surface area contributed by atoms with Crippen molar-refractivity contribution in [1.29, 1.82) is 0 Å². The highest BCUT2D eigenvalue weighted by Gasteiger charge is 2.39. The van der Waals surface area contributed by atoms with E-state index in [2.05, 4.69) is 10.0 Å². The SMILES string of the molecule is CCCC(C)(N=[N+]=[N-])C(O)C(=O)OC(C)(C)C. The fraction of sp³-hybridized carbons (Fsp3) is 0.909. The molecule has 0 saturated heterocycles. The van der Waals surface area contributed by atoms with Gasteiger partial charge in [-0.05, 0) is 32.7 Å². The highest BCUT2D eigenvalue weighted by molar-refractivity contribution is 5.76. The lowest BCUT2D eigenvalue weighted by Gasteiger charge is -2.30. The van der Waals surface area contributed by atoms with Gasteiger partial charge in [-0.15, -0.1) is 0 Å². The fourth-order valence-corrected chi connectivity index (χ4v) is 1.46. The maximum Gasteiger partial charge on any atom is 0.336 e. The van der Waals surface area contributed by atoms with Crippen molar-refractivity contribution >= 4 is 5.97 Å². The first kappa shape index (κ1) is 15.7. The Morgan fingerprint density at radius 3 is 2.35 bits per heavy atom. The molecule has 0 fully saturated rings. The molecule has 0 aliphatic heterocycles. The number of rotatable bonds is 5. The first-order valence-electron chi connectivity index (χ1n) is 5.63. The number of hydrogen-bond donors (Lipinski definition) is 1. The highest BCUT2D eigenvalue weighted by Crippen LogP contribution is 2.25. The molecule has 17 heavy (non-hydrogen) atoms. The first-order valence-corrected chi connectivity index (χ1v) is 5.63. The van der Waals surface area contributed by atoms with Gasteiger partial charge in [0.05, 0.1) is 5.54 Å². The smallest absolute Gasteiger partial charge is 0.336 e. The van der Waals surface area contributed by atoms with E-state index in [1.807, 2.05) is 6.92 Å². The molecule has 0 aliphatic carbocycles. The van der Waals surface area contributed by atoms with Crippen molar-refractivity contribution < 1.29 is 14.6 Å². The Morgan fingerprint density at radius 2 is 2.00 bits per heavy atom. The predicted octanol–water partition coefficient (Wildman–Crippen LogP) is 2.56. The number of azide groups is 1. The summed E-state index contributed by atoms with van der Waals surface area (Å²) in [7, 11) is 0. The van der Waals surface area contributed by atoms with Gasteiger partial charge in [0, 0.05) is 4.91 Å². The van der Waals surface area contributed by atoms with Crippen LogP contribution in [-0.2, 0) is 9.53 Å². The molecule has 0 bridgehead atoms. The second kappa shape index (κ2) is 5.89. The summed E-state index contributed by atoms with van der Waals surface area (Å²) in [5.74, 6) is -0.763. The van der Waals surface area contributed by atoms with Crippen LogP contribution in [0.3, 0.4) is 0 Å². The fourth-order valence-electron chi connectivity index (χ4n) is 1.46. The van der Waals surface area contributed by atoms with Gasteiger partial charge in [-0.25, -0.2) is 4.79 Å². The minimum atomic E-state index is -1.45. The van der Waals surface area contributed by atoms with Crippen LogP contribution in [0.25, 0.3) is 10.4 Å². The second-order valence-electron chi connectivity index (χ2n) is 5.23. The van der Waals surface area contributed by atoms with Crippen molar-refractivity contribution in [1.82, 2.24) is 0 Å². The summed E-state index contributed by atoms with van der Waals surface area (Å²) >= 11 is 0. The lowest BCUT2D eigenvalue weighted by atomic mass is 9.90. The van der Waals surface area contributed by atoms with Crippen LogP contribution in [0.4, 0.5) is 0 Å². The minimum absolute atomic E-state index is 0.414. The molecule has 0 saturated carbocycles. The third-order valence-corrected chi connectivity index (χ3v) is 2.25. The maximum absolute atomic E-state index is 11.7. The van der Waals surface area contributed by atoms with Gasteiger partial charge in [-0.3, -0.25) is 0 Å². The lowest BCUT2D eigenvalue weighted by molar-refractivity contribution is -0.168. The Balaban J connectivity index is 4.90. The van der Waals surface area contributed by atoms with Crippen LogP contribution in [-0.4, -0.2) is 28.3 Å². The zero-order valence-corrected chi connectivity index (χ0v) is 11.1. The zero-order valence-electron chi connectivity index (χ0n) is 11.1. The van der Waals surface area contributed by atoms with Crippen LogP contribution in [0, 0.1) is 0 Å². The summed E-state index contributed by atoms with van der Waals surface area (Å²) in [6.45, 7) is 8.56. The van der Waals surface area contributed by atoms with E-state index in [1.165, 1.54) is 0 Å². The third kappa shape index (κ3) is 5.06. The minimum Gasteiger partial charge on any atom is -0.458 e. The Morgan fingerprint density at radius 1 is 1.47 bits per heavy atom. The van der Waals surface area contributed by atoms with Gasteiger partial charge in [0.15, 0.2) is 6.10 Å². The maximum atomic E-state index is 11.7. The molecular weight excluding hydrogens is 222 g/mol. The summed E-state index contributed by atoms with van der Waals surface area (Å²) < 4.78 is 5.07. The van der Waals surface area contributed by atoms with Gasteiger partial charge in [-0.1, -0.05) is 25.4 Å². The highest BCUT2D eigenvalue weighted by atomic mass is 16.6. The van der Waals surface area contributed by atoms with Gasteiger partial charge in [0.25, 0.3) is 0 Å². The molecule has 0 heterocycles. The molecule has 0 aromatic heterocycles. The van der Waals surface area contributed by atoms with E-state index in [-0.39, 0.29) is 0 Å². The Labute approximate surface area is 102 Å². The van der Waals surface area contributed by atoms with E-state index in [0.29, 0.717) is 12.8 Å². The summed E-state index contributed by atoms with van der Waals surface area (Å²) in [5.41, 5.74) is 6.65. The molecule has 6 nitrogen and oxygen atoms in total. The normalized spacial score (nSPS) is 16.6. The lowest BCUT2D eigenvalue weighted by Crippen LogP contribution is -2.45. The van der Waals surface area contributed by atoms with Crippen molar-refractivity contribution in [3.63, 3.8) is 0 Å². The molecule has 0 amide bonds. The molecule has 98 valence electrons. The van der Waals surface area contributed by atoms with E-state index < -0.39 is 23.2 Å². The molecule has 6 heteroatoms. The van der Waals surface area contributed by atoms with Crippen molar-refractivity contribution in [2.75, 3.05) is 0 Å². The monoisotopic (exact) mass is 243 g/mol. The van der Waals surface area contributed by atoms with E-state index >= 15 is 0 Å². The van der Waals surface area contributed by atoms with Crippen molar-refractivity contribution in [2.45, 2.75) is 64.7 Å². The molecule has 0 spiro atoms. The largest absolute Gasteiger partial charge is 0.458 e. The quantitative estimate of drug-likeness (QED) is 0.348. The van der Waals surface area contributed by atoms with Gasteiger partial charge in [-0.2, -0.15) is 0 Å². The van der Waals surface area contributed by atoms with Crippen LogP contribution >= 0.6 is 0 Å². The van der Waals surface area contributed by atoms with E-state index in [1.54, 1.807) is 27.7 Å². The molecular formula is C11H21N3O3. The van der Waals surface area contributed by atoms with Gasteiger partial charge < -0.3 is 9.84 Å². The van der Waals surface area contributed by atoms with Crippen molar-refractivity contribution in [2.24, 2.45) is 5.11 Å². The molecule has 1 N–H and O–H groups in total. The summed E-state index contributed by atoms with van der Waals surface area (Å²) in [5, 5.41) is 13.4. The Kier molecular flexibility index (Phi) is 5.45. The topological polar surface area (TPSA) is 95.3 Å². The predicted molar refractivity (Wildman–Crippen MR) is 64.3 cm³/mol. The summed E-state index contributed by atoms with van der Waals surface area (Å²) in [6.07, 6.45) is -0.343. The Bertz CT molecular complexity index is 318. The number of carbonyl (C=O) groups excluding carboxylic acids is 1.